The zero-order chi connectivity index (χ0) is 13.4. The average Bonchev–Trinajstić information content (AvgIpc) is 2.98. The van der Waals surface area contributed by atoms with Crippen molar-refractivity contribution < 1.29 is 8.81 Å². The first kappa shape index (κ1) is 11.5. The van der Waals surface area contributed by atoms with Crippen LogP contribution in [0, 0.1) is 12.7 Å². The highest BCUT2D eigenvalue weighted by Crippen LogP contribution is 2.26. The number of anilines is 1. The molecule has 0 bridgehead atoms. The first-order valence-corrected chi connectivity index (χ1v) is 5.79. The minimum Gasteiger partial charge on any atom is -0.472 e. The molecular formula is C14H12FN3O. The van der Waals surface area contributed by atoms with Gasteiger partial charge in [0.2, 0.25) is 0 Å². The van der Waals surface area contributed by atoms with E-state index >= 15 is 0 Å². The average molecular weight is 257 g/mol. The van der Waals surface area contributed by atoms with Gasteiger partial charge in [-0.2, -0.15) is 5.10 Å². The summed E-state index contributed by atoms with van der Waals surface area (Å²) >= 11 is 0. The predicted molar refractivity (Wildman–Crippen MR) is 70.4 cm³/mol. The topological polar surface area (TPSA) is 57.0 Å². The number of nitrogens with two attached hydrogens (primary N) is 1. The van der Waals surface area contributed by atoms with Gasteiger partial charge in [-0.15, -0.1) is 0 Å². The Balaban J connectivity index is 2.10. The number of benzene rings is 1. The largest absolute Gasteiger partial charge is 0.472 e. The zero-order valence-electron chi connectivity index (χ0n) is 10.3. The summed E-state index contributed by atoms with van der Waals surface area (Å²) in [5.41, 5.74) is 9.55. The molecule has 96 valence electrons. The van der Waals surface area contributed by atoms with Crippen LogP contribution < -0.4 is 5.73 Å². The molecule has 0 saturated heterocycles. The Morgan fingerprint density at radius 2 is 2.16 bits per heavy atom. The molecule has 0 amide bonds. The number of aromatic nitrogens is 2. The highest BCUT2D eigenvalue weighted by Gasteiger charge is 2.12. The first-order valence-electron chi connectivity index (χ1n) is 5.79. The summed E-state index contributed by atoms with van der Waals surface area (Å²) in [6.45, 7) is 1.83. The van der Waals surface area contributed by atoms with E-state index in [2.05, 4.69) is 5.10 Å². The van der Waals surface area contributed by atoms with Crippen LogP contribution in [-0.2, 0) is 0 Å². The van der Waals surface area contributed by atoms with Crippen molar-refractivity contribution in [3.8, 4) is 16.9 Å². The van der Waals surface area contributed by atoms with Gasteiger partial charge in [0.15, 0.2) is 0 Å². The van der Waals surface area contributed by atoms with Gasteiger partial charge in [-0.1, -0.05) is 0 Å². The highest BCUT2D eigenvalue weighted by atomic mass is 19.1. The van der Waals surface area contributed by atoms with Crippen molar-refractivity contribution in [1.29, 1.82) is 0 Å². The Kier molecular flexibility index (Phi) is 2.59. The second-order valence-electron chi connectivity index (χ2n) is 4.32. The number of nitrogen functional groups attached to an aromatic ring is 1. The van der Waals surface area contributed by atoms with Crippen LogP contribution in [0.1, 0.15) is 5.56 Å². The molecular weight excluding hydrogens is 245 g/mol. The zero-order valence-corrected chi connectivity index (χ0v) is 10.3. The molecule has 0 unspecified atom stereocenters. The molecule has 0 aliphatic carbocycles. The number of furan rings is 1. The highest BCUT2D eigenvalue weighted by molar-refractivity contribution is 5.71. The van der Waals surface area contributed by atoms with Crippen LogP contribution in [0.3, 0.4) is 0 Å². The van der Waals surface area contributed by atoms with E-state index in [1.54, 1.807) is 35.5 Å². The van der Waals surface area contributed by atoms with E-state index in [-0.39, 0.29) is 5.82 Å². The lowest BCUT2D eigenvalue weighted by atomic mass is 10.2. The Hall–Kier alpha value is -2.56. The van der Waals surface area contributed by atoms with Crippen LogP contribution in [0.2, 0.25) is 0 Å². The molecule has 0 radical (unpaired) electrons. The molecule has 0 atom stereocenters. The third-order valence-electron chi connectivity index (χ3n) is 2.94. The molecule has 2 N–H and O–H groups in total. The SMILES string of the molecule is Cc1cc(F)ccc1-n1cc(N)c(-c2ccoc2)n1. The predicted octanol–water partition coefficient (Wildman–Crippen LogP) is 3.16. The quantitative estimate of drug-likeness (QED) is 0.767. The number of aryl methyl sites for hydroxylation is 1. The van der Waals surface area contributed by atoms with E-state index in [9.17, 15) is 4.39 Å². The summed E-state index contributed by atoms with van der Waals surface area (Å²) < 4.78 is 19.8. The minimum absolute atomic E-state index is 0.267. The lowest BCUT2D eigenvalue weighted by molar-refractivity contribution is 0.568. The molecule has 4 nitrogen and oxygen atoms in total. The van der Waals surface area contributed by atoms with Crippen molar-refractivity contribution >= 4 is 5.69 Å². The van der Waals surface area contributed by atoms with Gasteiger partial charge in [-0.3, -0.25) is 0 Å². The van der Waals surface area contributed by atoms with Crippen LogP contribution >= 0.6 is 0 Å². The minimum atomic E-state index is -0.267. The van der Waals surface area contributed by atoms with Crippen molar-refractivity contribution in [1.82, 2.24) is 9.78 Å². The van der Waals surface area contributed by atoms with Gasteiger partial charge in [0.1, 0.15) is 11.5 Å². The summed E-state index contributed by atoms with van der Waals surface area (Å²) in [4.78, 5) is 0. The molecule has 0 fully saturated rings. The van der Waals surface area contributed by atoms with Crippen molar-refractivity contribution in [2.45, 2.75) is 6.92 Å². The lowest BCUT2D eigenvalue weighted by Gasteiger charge is -2.05. The second kappa shape index (κ2) is 4.28. The molecule has 1 aromatic carbocycles. The van der Waals surface area contributed by atoms with Gasteiger partial charge >= 0.3 is 0 Å². The van der Waals surface area contributed by atoms with Crippen molar-refractivity contribution in [3.63, 3.8) is 0 Å². The molecule has 0 saturated carbocycles. The van der Waals surface area contributed by atoms with E-state index in [1.807, 2.05) is 6.92 Å². The third kappa shape index (κ3) is 1.99. The van der Waals surface area contributed by atoms with E-state index in [4.69, 9.17) is 10.2 Å². The van der Waals surface area contributed by atoms with Gasteiger partial charge in [0.25, 0.3) is 0 Å². The maximum atomic E-state index is 13.1. The van der Waals surface area contributed by atoms with Crippen LogP contribution in [0.5, 0.6) is 0 Å². The fourth-order valence-corrected chi connectivity index (χ4v) is 2.01. The number of hydrogen-bond acceptors (Lipinski definition) is 3. The van der Waals surface area contributed by atoms with E-state index < -0.39 is 0 Å². The number of hydrogen-bond donors (Lipinski definition) is 1. The number of halogens is 1. The Morgan fingerprint density at radius 3 is 2.84 bits per heavy atom. The van der Waals surface area contributed by atoms with E-state index in [0.717, 1.165) is 16.8 Å². The Labute approximate surface area is 109 Å². The molecule has 2 heterocycles. The molecule has 5 heteroatoms. The molecule has 0 aliphatic rings. The van der Waals surface area contributed by atoms with Crippen molar-refractivity contribution in [2.24, 2.45) is 0 Å². The van der Waals surface area contributed by atoms with Crippen molar-refractivity contribution in [2.75, 3.05) is 5.73 Å². The normalized spacial score (nSPS) is 10.8. The lowest BCUT2D eigenvalue weighted by Crippen LogP contribution is -1.98. The fraction of sp³-hybridized carbons (Fsp3) is 0.0714. The van der Waals surface area contributed by atoms with Gasteiger partial charge in [0.05, 0.1) is 30.1 Å². The van der Waals surface area contributed by atoms with Crippen molar-refractivity contribution in [3.05, 3.63) is 54.4 Å². The third-order valence-corrected chi connectivity index (χ3v) is 2.94. The monoisotopic (exact) mass is 257 g/mol. The summed E-state index contributed by atoms with van der Waals surface area (Å²) in [6, 6.07) is 6.33. The molecule has 0 spiro atoms. The van der Waals surface area contributed by atoms with Crippen LogP contribution in [-0.4, -0.2) is 9.78 Å². The maximum Gasteiger partial charge on any atom is 0.123 e. The molecule has 3 aromatic rings. The van der Waals surface area contributed by atoms with Gasteiger partial charge in [-0.05, 0) is 36.8 Å². The summed E-state index contributed by atoms with van der Waals surface area (Å²) in [5.74, 6) is -0.267. The van der Waals surface area contributed by atoms with E-state index in [0.29, 0.717) is 11.4 Å². The Bertz CT molecular complexity index is 716. The summed E-state index contributed by atoms with van der Waals surface area (Å²) in [6.07, 6.45) is 4.86. The van der Waals surface area contributed by atoms with Gasteiger partial charge in [0, 0.05) is 5.56 Å². The summed E-state index contributed by atoms with van der Waals surface area (Å²) in [5, 5.41) is 4.42. The molecule has 3 rings (SSSR count). The standard InChI is InChI=1S/C14H12FN3O/c1-9-6-11(15)2-3-13(9)18-7-12(16)14(17-18)10-4-5-19-8-10/h2-8H,16H2,1H3. The number of rotatable bonds is 2. The molecule has 19 heavy (non-hydrogen) atoms. The summed E-state index contributed by atoms with van der Waals surface area (Å²) in [7, 11) is 0. The smallest absolute Gasteiger partial charge is 0.123 e. The number of nitrogens with zero attached hydrogens (tertiary/aromatic N) is 2. The first-order chi connectivity index (χ1) is 9.15. The van der Waals surface area contributed by atoms with Gasteiger partial charge in [-0.25, -0.2) is 9.07 Å². The molecule has 0 aliphatic heterocycles. The van der Waals surface area contributed by atoms with Gasteiger partial charge < -0.3 is 10.2 Å². The second-order valence-corrected chi connectivity index (χ2v) is 4.32. The van der Waals surface area contributed by atoms with Crippen LogP contribution in [0.15, 0.2) is 47.4 Å². The molecule has 2 aromatic heterocycles. The van der Waals surface area contributed by atoms with Crippen LogP contribution in [0.4, 0.5) is 10.1 Å². The fourth-order valence-electron chi connectivity index (χ4n) is 2.01. The van der Waals surface area contributed by atoms with E-state index in [1.165, 1.54) is 12.1 Å². The van der Waals surface area contributed by atoms with Crippen LogP contribution in [0.25, 0.3) is 16.9 Å². The maximum absolute atomic E-state index is 13.1. The Morgan fingerprint density at radius 1 is 1.32 bits per heavy atom.